The SMILES string of the molecule is CC/C=C\C/C=C\C/C=C\C/C=C\C/C=C\C/C=C\CCCCC(=O)OC(COCCCCCCCCCCCCCCCCCCCCCCCC)COP(=O)(O)OCC[N+](C)(C)C. The molecule has 0 aromatic carbocycles. The van der Waals surface area contributed by atoms with Crippen LogP contribution in [0.5, 0.6) is 0 Å². The molecule has 0 rings (SSSR count). The van der Waals surface area contributed by atoms with Crippen molar-refractivity contribution < 1.29 is 37.3 Å². The minimum Gasteiger partial charge on any atom is -0.457 e. The molecule has 0 aromatic heterocycles. The Bertz CT molecular complexity index is 1270. The summed E-state index contributed by atoms with van der Waals surface area (Å²) in [6.07, 6.45) is 63.9. The van der Waals surface area contributed by atoms with Crippen molar-refractivity contribution in [2.24, 2.45) is 0 Å². The second kappa shape index (κ2) is 48.4. The van der Waals surface area contributed by atoms with Crippen LogP contribution in [0, 0.1) is 0 Å². The van der Waals surface area contributed by atoms with Gasteiger partial charge in [0.1, 0.15) is 19.3 Å². The predicted molar refractivity (Wildman–Crippen MR) is 279 cm³/mol. The third-order valence-corrected chi connectivity index (χ3v) is 12.3. The molecule has 0 amide bonds. The maximum Gasteiger partial charge on any atom is 0.472 e. The maximum atomic E-state index is 12.8. The Balaban J connectivity index is 4.19. The van der Waals surface area contributed by atoms with Gasteiger partial charge in [-0.2, -0.15) is 0 Å². The molecule has 0 aliphatic heterocycles. The van der Waals surface area contributed by atoms with Crippen LogP contribution in [0.4, 0.5) is 0 Å². The fourth-order valence-corrected chi connectivity index (χ4v) is 7.95. The molecule has 0 aliphatic carbocycles. The van der Waals surface area contributed by atoms with Gasteiger partial charge in [0, 0.05) is 13.0 Å². The number of hydrogen-bond donors (Lipinski definition) is 1. The summed E-state index contributed by atoms with van der Waals surface area (Å²) in [6, 6.07) is 0. The first-order valence-electron chi connectivity index (χ1n) is 26.7. The first-order valence-corrected chi connectivity index (χ1v) is 28.2. The van der Waals surface area contributed by atoms with Gasteiger partial charge < -0.3 is 18.9 Å². The molecule has 65 heavy (non-hydrogen) atoms. The quantitative estimate of drug-likeness (QED) is 0.0214. The summed E-state index contributed by atoms with van der Waals surface area (Å²) < 4.78 is 35.1. The molecule has 0 aromatic rings. The Labute approximate surface area is 402 Å². The van der Waals surface area contributed by atoms with Crippen LogP contribution in [-0.4, -0.2) is 75.6 Å². The van der Waals surface area contributed by atoms with Gasteiger partial charge in [-0.25, -0.2) is 4.57 Å². The molecule has 0 saturated carbocycles. The van der Waals surface area contributed by atoms with Crippen molar-refractivity contribution in [2.75, 3.05) is 54.1 Å². The van der Waals surface area contributed by atoms with E-state index in [1.807, 2.05) is 21.1 Å². The van der Waals surface area contributed by atoms with Crippen molar-refractivity contribution in [3.63, 3.8) is 0 Å². The number of ether oxygens (including phenoxy) is 2. The van der Waals surface area contributed by atoms with Gasteiger partial charge in [0.2, 0.25) is 0 Å². The molecular weight excluding hydrogens is 830 g/mol. The molecule has 0 saturated heterocycles. The fraction of sp³-hybridized carbons (Fsp3) is 0.768. The Morgan fingerprint density at radius 3 is 1.31 bits per heavy atom. The number of carbonyl (C=O) groups is 1. The summed E-state index contributed by atoms with van der Waals surface area (Å²) in [5, 5.41) is 0. The highest BCUT2D eigenvalue weighted by Crippen LogP contribution is 2.43. The lowest BCUT2D eigenvalue weighted by Crippen LogP contribution is -2.37. The Morgan fingerprint density at radius 1 is 0.492 bits per heavy atom. The molecule has 2 unspecified atom stereocenters. The Hall–Kier alpha value is -2.06. The number of carbonyl (C=O) groups excluding carboxylic acids is 1. The molecule has 378 valence electrons. The highest BCUT2D eigenvalue weighted by Gasteiger charge is 2.26. The van der Waals surface area contributed by atoms with E-state index in [1.165, 1.54) is 128 Å². The van der Waals surface area contributed by atoms with Gasteiger partial charge in [-0.1, -0.05) is 222 Å². The summed E-state index contributed by atoms with van der Waals surface area (Å²) in [5.41, 5.74) is 0. The number of nitrogens with zero attached hydrogens (tertiary/aromatic N) is 1. The summed E-state index contributed by atoms with van der Waals surface area (Å²) in [6.45, 7) is 5.47. The smallest absolute Gasteiger partial charge is 0.457 e. The molecule has 0 radical (unpaired) electrons. The summed E-state index contributed by atoms with van der Waals surface area (Å²) >= 11 is 0. The van der Waals surface area contributed by atoms with Crippen LogP contribution in [0.2, 0.25) is 0 Å². The second-order valence-corrected chi connectivity index (χ2v) is 20.3. The van der Waals surface area contributed by atoms with Crippen LogP contribution in [0.25, 0.3) is 0 Å². The standard InChI is InChI=1S/C56H102NO7P/c1-6-8-10-12-14-16-18-20-22-24-26-28-30-32-34-36-38-40-42-44-46-48-51-61-53-55(54-63-65(59,60)62-52-50-57(3,4)5)64-56(58)49-47-45-43-41-39-37-35-33-31-29-27-25-23-21-19-17-15-13-11-9-7-2/h9,11,15,17,21,23,27,29,33,35,39,41,55H,6-8,10,12-14,16,18-20,22,24-26,28,30-32,34,36-38,40,42-54H2,1-5H3/p+1/b11-9-,17-15-,23-21-,29-27-,35-33-,41-39-. The van der Waals surface area contributed by atoms with Crippen LogP contribution in [-0.2, 0) is 27.9 Å². The minimum absolute atomic E-state index is 0.0779. The van der Waals surface area contributed by atoms with Gasteiger partial charge in [0.15, 0.2) is 0 Å². The van der Waals surface area contributed by atoms with Gasteiger partial charge in [-0.15, -0.1) is 0 Å². The zero-order valence-electron chi connectivity index (χ0n) is 43.0. The average molecular weight is 933 g/mol. The lowest BCUT2D eigenvalue weighted by Gasteiger charge is -2.24. The summed E-state index contributed by atoms with van der Waals surface area (Å²) in [7, 11) is 1.64. The minimum atomic E-state index is -4.30. The van der Waals surface area contributed by atoms with E-state index in [0.717, 1.165) is 64.2 Å². The van der Waals surface area contributed by atoms with Gasteiger partial charge in [0.25, 0.3) is 0 Å². The van der Waals surface area contributed by atoms with Crippen molar-refractivity contribution >= 4 is 13.8 Å². The average Bonchev–Trinajstić information content (AvgIpc) is 3.27. The van der Waals surface area contributed by atoms with E-state index in [1.54, 1.807) is 0 Å². The number of phosphoric acid groups is 1. The van der Waals surface area contributed by atoms with E-state index < -0.39 is 13.9 Å². The number of allylic oxidation sites excluding steroid dienone is 12. The van der Waals surface area contributed by atoms with Gasteiger partial charge >= 0.3 is 13.8 Å². The molecular formula is C56H103NO7P+. The normalized spacial score (nSPS) is 14.1. The molecule has 0 fully saturated rings. The first-order chi connectivity index (χ1) is 31.6. The number of esters is 1. The van der Waals surface area contributed by atoms with Gasteiger partial charge in [0.05, 0.1) is 34.4 Å². The van der Waals surface area contributed by atoms with Crippen molar-refractivity contribution in [3.05, 3.63) is 72.9 Å². The van der Waals surface area contributed by atoms with E-state index in [0.29, 0.717) is 24.1 Å². The van der Waals surface area contributed by atoms with E-state index in [9.17, 15) is 14.3 Å². The molecule has 8 nitrogen and oxygen atoms in total. The molecule has 0 bridgehead atoms. The van der Waals surface area contributed by atoms with E-state index in [-0.39, 0.29) is 32.2 Å². The van der Waals surface area contributed by atoms with E-state index >= 15 is 0 Å². The largest absolute Gasteiger partial charge is 0.472 e. The Morgan fingerprint density at radius 2 is 0.892 bits per heavy atom. The molecule has 9 heteroatoms. The third kappa shape index (κ3) is 52.8. The number of rotatable bonds is 49. The lowest BCUT2D eigenvalue weighted by molar-refractivity contribution is -0.870. The zero-order chi connectivity index (χ0) is 47.6. The van der Waals surface area contributed by atoms with Gasteiger partial charge in [-0.3, -0.25) is 13.8 Å². The summed E-state index contributed by atoms with van der Waals surface area (Å²) in [5.74, 6) is -0.354. The van der Waals surface area contributed by atoms with E-state index in [4.69, 9.17) is 18.5 Å². The van der Waals surface area contributed by atoms with Crippen molar-refractivity contribution in [2.45, 2.75) is 225 Å². The molecule has 1 N–H and O–H groups in total. The number of phosphoric ester groups is 1. The van der Waals surface area contributed by atoms with Crippen LogP contribution < -0.4 is 0 Å². The lowest BCUT2D eigenvalue weighted by atomic mass is 10.0. The van der Waals surface area contributed by atoms with Crippen LogP contribution in [0.15, 0.2) is 72.9 Å². The molecule has 0 heterocycles. The molecule has 0 aliphatic rings. The maximum absolute atomic E-state index is 12.8. The van der Waals surface area contributed by atoms with Crippen LogP contribution >= 0.6 is 7.82 Å². The number of quaternary nitrogens is 1. The number of likely N-dealkylation sites (N-methyl/N-ethyl adjacent to an activating group) is 1. The monoisotopic (exact) mass is 933 g/mol. The second-order valence-electron chi connectivity index (χ2n) is 18.9. The van der Waals surface area contributed by atoms with Crippen molar-refractivity contribution in [3.8, 4) is 0 Å². The van der Waals surface area contributed by atoms with Gasteiger partial charge in [-0.05, 0) is 64.2 Å². The predicted octanol–water partition coefficient (Wildman–Crippen LogP) is 16.6. The molecule has 0 spiro atoms. The van der Waals surface area contributed by atoms with E-state index in [2.05, 4.69) is 86.8 Å². The highest BCUT2D eigenvalue weighted by molar-refractivity contribution is 7.47. The van der Waals surface area contributed by atoms with Crippen LogP contribution in [0.1, 0.15) is 219 Å². The molecule has 2 atom stereocenters. The third-order valence-electron chi connectivity index (χ3n) is 11.3. The first kappa shape index (κ1) is 62.9. The Kier molecular flexibility index (Phi) is 46.9. The number of hydrogen-bond acceptors (Lipinski definition) is 6. The van der Waals surface area contributed by atoms with Crippen LogP contribution in [0.3, 0.4) is 0 Å². The summed E-state index contributed by atoms with van der Waals surface area (Å²) in [4.78, 5) is 23.0. The van der Waals surface area contributed by atoms with Crippen molar-refractivity contribution in [1.82, 2.24) is 0 Å². The zero-order valence-corrected chi connectivity index (χ0v) is 43.9. The topological polar surface area (TPSA) is 91.3 Å². The fourth-order valence-electron chi connectivity index (χ4n) is 7.20. The highest BCUT2D eigenvalue weighted by atomic mass is 31.2. The number of unbranched alkanes of at least 4 members (excludes halogenated alkanes) is 23. The van der Waals surface area contributed by atoms with Crippen molar-refractivity contribution in [1.29, 1.82) is 0 Å².